The molecule has 0 saturated heterocycles. The molecular weight excluding hydrogens is 309 g/mol. The molecule has 2 unspecified atom stereocenters. The zero-order valence-corrected chi connectivity index (χ0v) is 12.3. The summed E-state index contributed by atoms with van der Waals surface area (Å²) in [4.78, 5) is 15.6. The van der Waals surface area contributed by atoms with E-state index < -0.39 is 29.5 Å². The number of carboxylic acid groups (broad SMARTS) is 1. The molecule has 4 nitrogen and oxygen atoms in total. The number of nitrogens with zero attached hydrogens (tertiary/aromatic N) is 2. The number of alkyl halides is 3. The number of hydrogen-bond donors (Lipinski definition) is 1. The van der Waals surface area contributed by atoms with Crippen molar-refractivity contribution < 1.29 is 23.1 Å². The van der Waals surface area contributed by atoms with Gasteiger partial charge in [-0.15, -0.1) is 0 Å². The van der Waals surface area contributed by atoms with Crippen LogP contribution in [0.1, 0.15) is 30.9 Å². The molecule has 0 spiro atoms. The number of carboxylic acids is 1. The van der Waals surface area contributed by atoms with Gasteiger partial charge in [-0.1, -0.05) is 18.2 Å². The summed E-state index contributed by atoms with van der Waals surface area (Å²) in [6, 6.07) is 6.62. The lowest BCUT2D eigenvalue weighted by molar-refractivity contribution is -0.139. The van der Waals surface area contributed by atoms with Crippen molar-refractivity contribution in [1.29, 1.82) is 5.26 Å². The number of allylic oxidation sites excluding steroid dienone is 1. The molecule has 0 aliphatic carbocycles. The van der Waals surface area contributed by atoms with E-state index in [9.17, 15) is 28.3 Å². The fourth-order valence-electron chi connectivity index (χ4n) is 2.84. The van der Waals surface area contributed by atoms with E-state index in [-0.39, 0.29) is 16.8 Å². The van der Waals surface area contributed by atoms with Crippen molar-refractivity contribution in [3.8, 4) is 6.07 Å². The fraction of sp³-hybridized carbons (Fsp3) is 0.312. The van der Waals surface area contributed by atoms with Crippen LogP contribution in [-0.2, 0) is 11.0 Å². The standard InChI is InChI=1S/C16H13F3N2O2/c1-8-11(7-20)14(13(15(22)23)9(2)21-8)10-5-3-4-6-12(10)16(17,18)19/h3-6,11,14H,1-2H3,(H,22,23). The highest BCUT2D eigenvalue weighted by Crippen LogP contribution is 2.43. The van der Waals surface area contributed by atoms with Crippen molar-refractivity contribution in [2.75, 3.05) is 0 Å². The first-order valence-electron chi connectivity index (χ1n) is 6.73. The summed E-state index contributed by atoms with van der Waals surface area (Å²) < 4.78 is 39.8. The lowest BCUT2D eigenvalue weighted by Gasteiger charge is -2.29. The van der Waals surface area contributed by atoms with Crippen LogP contribution in [0.15, 0.2) is 40.5 Å². The fourth-order valence-corrected chi connectivity index (χ4v) is 2.84. The number of aliphatic imine (C=N–C) groups is 1. The topological polar surface area (TPSA) is 73.4 Å². The summed E-state index contributed by atoms with van der Waals surface area (Å²) in [5.41, 5.74) is -1.02. The Balaban J connectivity index is 2.76. The summed E-state index contributed by atoms with van der Waals surface area (Å²) >= 11 is 0. The number of rotatable bonds is 2. The first-order chi connectivity index (χ1) is 10.7. The van der Waals surface area contributed by atoms with Crippen molar-refractivity contribution in [2.24, 2.45) is 10.9 Å². The van der Waals surface area contributed by atoms with E-state index in [2.05, 4.69) is 4.99 Å². The molecule has 1 aliphatic rings. The number of aliphatic carboxylic acids is 1. The SMILES string of the molecule is CC1=NC(C)=C(C(=O)O)C(c2ccccc2C(F)(F)F)C1C#N. The molecule has 1 aromatic carbocycles. The van der Waals surface area contributed by atoms with Gasteiger partial charge in [-0.2, -0.15) is 18.4 Å². The number of benzene rings is 1. The Hall–Kier alpha value is -2.62. The first-order valence-corrected chi connectivity index (χ1v) is 6.73. The van der Waals surface area contributed by atoms with Gasteiger partial charge in [-0.3, -0.25) is 4.99 Å². The van der Waals surface area contributed by atoms with E-state index in [1.807, 2.05) is 6.07 Å². The van der Waals surface area contributed by atoms with Crippen molar-refractivity contribution in [3.63, 3.8) is 0 Å². The Morgan fingerprint density at radius 1 is 1.30 bits per heavy atom. The second kappa shape index (κ2) is 5.88. The van der Waals surface area contributed by atoms with Crippen LogP contribution in [0.4, 0.5) is 13.2 Å². The van der Waals surface area contributed by atoms with Crippen LogP contribution in [0.2, 0.25) is 0 Å². The summed E-state index contributed by atoms with van der Waals surface area (Å²) in [7, 11) is 0. The van der Waals surface area contributed by atoms with E-state index >= 15 is 0 Å². The van der Waals surface area contributed by atoms with Gasteiger partial charge in [0.25, 0.3) is 0 Å². The van der Waals surface area contributed by atoms with Crippen LogP contribution < -0.4 is 0 Å². The summed E-state index contributed by atoms with van der Waals surface area (Å²) in [6.45, 7) is 2.93. The van der Waals surface area contributed by atoms with E-state index in [4.69, 9.17) is 0 Å². The molecular formula is C16H13F3N2O2. The first kappa shape index (κ1) is 16.7. The summed E-state index contributed by atoms with van der Waals surface area (Å²) in [5.74, 6) is -3.65. The maximum absolute atomic E-state index is 13.3. The molecule has 120 valence electrons. The van der Waals surface area contributed by atoms with Crippen molar-refractivity contribution in [3.05, 3.63) is 46.7 Å². The zero-order valence-electron chi connectivity index (χ0n) is 12.3. The smallest absolute Gasteiger partial charge is 0.416 e. The highest BCUT2D eigenvalue weighted by molar-refractivity contribution is 5.97. The molecule has 7 heteroatoms. The van der Waals surface area contributed by atoms with Crippen molar-refractivity contribution in [1.82, 2.24) is 0 Å². The predicted molar refractivity (Wildman–Crippen MR) is 76.7 cm³/mol. The quantitative estimate of drug-likeness (QED) is 0.901. The van der Waals surface area contributed by atoms with Crippen molar-refractivity contribution in [2.45, 2.75) is 25.9 Å². The van der Waals surface area contributed by atoms with Crippen LogP contribution >= 0.6 is 0 Å². The summed E-state index contributed by atoms with van der Waals surface area (Å²) in [5, 5.41) is 18.8. The molecule has 1 aliphatic heterocycles. The highest BCUT2D eigenvalue weighted by atomic mass is 19.4. The minimum Gasteiger partial charge on any atom is -0.478 e. The van der Waals surface area contributed by atoms with E-state index in [1.165, 1.54) is 32.0 Å². The molecule has 0 aromatic heterocycles. The predicted octanol–water partition coefficient (Wildman–Crippen LogP) is 3.76. The third-order valence-corrected chi connectivity index (χ3v) is 3.80. The van der Waals surface area contributed by atoms with Crippen LogP contribution in [-0.4, -0.2) is 16.8 Å². The van der Waals surface area contributed by atoms with Gasteiger partial charge in [0.15, 0.2) is 0 Å². The number of carbonyl (C=O) groups is 1. The van der Waals surface area contributed by atoms with Crippen LogP contribution in [0, 0.1) is 17.2 Å². The number of halogens is 3. The third-order valence-electron chi connectivity index (χ3n) is 3.80. The molecule has 0 saturated carbocycles. The van der Waals surface area contributed by atoms with Gasteiger partial charge in [-0.25, -0.2) is 4.79 Å². The molecule has 1 heterocycles. The Labute approximate surface area is 130 Å². The van der Waals surface area contributed by atoms with Gasteiger partial charge >= 0.3 is 12.1 Å². The minimum absolute atomic E-state index is 0.114. The third kappa shape index (κ3) is 2.97. The molecule has 0 fully saturated rings. The maximum atomic E-state index is 13.3. The Morgan fingerprint density at radius 2 is 1.91 bits per heavy atom. The Bertz CT molecular complexity index is 757. The van der Waals surface area contributed by atoms with E-state index in [1.54, 1.807) is 0 Å². The average Bonchev–Trinajstić information content (AvgIpc) is 2.45. The number of nitriles is 1. The van der Waals surface area contributed by atoms with E-state index in [0.29, 0.717) is 5.71 Å². The lowest BCUT2D eigenvalue weighted by Crippen LogP contribution is -2.30. The van der Waals surface area contributed by atoms with Gasteiger partial charge in [0, 0.05) is 17.3 Å². The molecule has 0 bridgehead atoms. The van der Waals surface area contributed by atoms with Gasteiger partial charge in [-0.05, 0) is 25.5 Å². The Morgan fingerprint density at radius 3 is 2.43 bits per heavy atom. The average molecular weight is 322 g/mol. The van der Waals surface area contributed by atoms with E-state index in [0.717, 1.165) is 6.07 Å². The van der Waals surface area contributed by atoms with Gasteiger partial charge in [0.2, 0.25) is 0 Å². The largest absolute Gasteiger partial charge is 0.478 e. The molecule has 1 N–H and O–H groups in total. The molecule has 2 rings (SSSR count). The monoisotopic (exact) mass is 322 g/mol. The van der Waals surface area contributed by atoms with Gasteiger partial charge in [0.05, 0.1) is 23.1 Å². The highest BCUT2D eigenvalue weighted by Gasteiger charge is 2.42. The minimum atomic E-state index is -4.64. The van der Waals surface area contributed by atoms with Gasteiger partial charge < -0.3 is 5.11 Å². The molecule has 2 atom stereocenters. The number of hydrogen-bond acceptors (Lipinski definition) is 3. The van der Waals surface area contributed by atoms with Crippen LogP contribution in [0.5, 0.6) is 0 Å². The molecule has 23 heavy (non-hydrogen) atoms. The second-order valence-corrected chi connectivity index (χ2v) is 5.23. The second-order valence-electron chi connectivity index (χ2n) is 5.23. The summed E-state index contributed by atoms with van der Waals surface area (Å²) in [6.07, 6.45) is -4.64. The Kier molecular flexibility index (Phi) is 4.28. The normalized spacial score (nSPS) is 21.7. The zero-order chi connectivity index (χ0) is 17.4. The molecule has 0 radical (unpaired) electrons. The maximum Gasteiger partial charge on any atom is 0.416 e. The van der Waals surface area contributed by atoms with Gasteiger partial charge in [0.1, 0.15) is 0 Å². The van der Waals surface area contributed by atoms with Crippen LogP contribution in [0.3, 0.4) is 0 Å². The lowest BCUT2D eigenvalue weighted by atomic mass is 9.75. The van der Waals surface area contributed by atoms with Crippen LogP contribution in [0.25, 0.3) is 0 Å². The molecule has 0 amide bonds. The van der Waals surface area contributed by atoms with Crippen molar-refractivity contribution >= 4 is 11.7 Å². The molecule has 1 aromatic rings.